The number of nitrogens with one attached hydrogen (secondary N) is 2. The van der Waals surface area contributed by atoms with E-state index in [-0.39, 0.29) is 30.6 Å². The molecule has 0 saturated heterocycles. The molecule has 0 radical (unpaired) electrons. The number of nitrogens with zero attached hydrogens (tertiary/aromatic N) is 3. The number of hydrogen-bond acceptors (Lipinski definition) is 5. The number of amides is 1. The maximum atomic E-state index is 14.3. The Balaban J connectivity index is 1.49. The van der Waals surface area contributed by atoms with Crippen LogP contribution in [0.5, 0.6) is 0 Å². The van der Waals surface area contributed by atoms with Crippen molar-refractivity contribution in [2.45, 2.75) is 31.4 Å². The smallest absolute Gasteiger partial charge is 0.254 e. The molecule has 6 nitrogen and oxygen atoms in total. The fourth-order valence-corrected chi connectivity index (χ4v) is 3.94. The van der Waals surface area contributed by atoms with Crippen molar-refractivity contribution in [3.63, 3.8) is 0 Å². The molecule has 0 unspecified atom stereocenters. The molecule has 0 bridgehead atoms. The van der Waals surface area contributed by atoms with E-state index in [1.807, 2.05) is 0 Å². The number of aromatic nitrogens is 3. The molecule has 1 aromatic carbocycles. The van der Waals surface area contributed by atoms with Crippen LogP contribution < -0.4 is 10.6 Å². The maximum absolute atomic E-state index is 14.3. The van der Waals surface area contributed by atoms with Gasteiger partial charge in [-0.15, -0.1) is 10.2 Å². The molecule has 3 aromatic rings. The molecule has 2 aromatic heterocycles. The lowest BCUT2D eigenvalue weighted by molar-refractivity contribution is 0.0950. The number of halogens is 3. The molecule has 32 heavy (non-hydrogen) atoms. The minimum atomic E-state index is -0.996. The van der Waals surface area contributed by atoms with Crippen LogP contribution in [0.25, 0.3) is 11.3 Å². The zero-order chi connectivity index (χ0) is 22.7. The Labute approximate surface area is 183 Å². The van der Waals surface area contributed by atoms with Crippen molar-refractivity contribution in [2.75, 3.05) is 18.4 Å². The summed E-state index contributed by atoms with van der Waals surface area (Å²) in [7, 11) is 0. The number of anilines is 1. The van der Waals surface area contributed by atoms with Gasteiger partial charge in [-0.05, 0) is 62.2 Å². The summed E-state index contributed by atoms with van der Waals surface area (Å²) in [6, 6.07) is 10.3. The number of pyridine rings is 1. The second-order valence-electron chi connectivity index (χ2n) is 7.83. The Hall–Kier alpha value is -3.49. The Morgan fingerprint density at radius 2 is 1.94 bits per heavy atom. The number of benzene rings is 1. The number of alkyl halides is 1. The fourth-order valence-electron chi connectivity index (χ4n) is 3.94. The van der Waals surface area contributed by atoms with Gasteiger partial charge in [0.1, 0.15) is 23.6 Å². The van der Waals surface area contributed by atoms with Gasteiger partial charge in [-0.3, -0.25) is 9.78 Å². The van der Waals surface area contributed by atoms with E-state index < -0.39 is 29.1 Å². The monoisotopic (exact) mass is 441 g/mol. The van der Waals surface area contributed by atoms with Crippen molar-refractivity contribution in [3.05, 3.63) is 71.6 Å². The molecular formula is C23H22F3N5O. The van der Waals surface area contributed by atoms with Gasteiger partial charge in [0.25, 0.3) is 5.91 Å². The van der Waals surface area contributed by atoms with Crippen LogP contribution in [0.2, 0.25) is 0 Å². The molecule has 2 N–H and O–H groups in total. The third kappa shape index (κ3) is 4.28. The zero-order valence-electron chi connectivity index (χ0n) is 17.4. The van der Waals surface area contributed by atoms with E-state index in [1.54, 1.807) is 19.1 Å². The summed E-state index contributed by atoms with van der Waals surface area (Å²) >= 11 is 0. The molecule has 0 aliphatic heterocycles. The van der Waals surface area contributed by atoms with Crippen LogP contribution in [0.4, 0.5) is 19.0 Å². The highest BCUT2D eigenvalue weighted by atomic mass is 19.1. The fraction of sp³-hybridized carbons (Fsp3) is 0.304. The van der Waals surface area contributed by atoms with Gasteiger partial charge in [0.05, 0.1) is 17.0 Å². The van der Waals surface area contributed by atoms with Crippen LogP contribution in [0, 0.1) is 11.6 Å². The first-order chi connectivity index (χ1) is 15.4. The Morgan fingerprint density at radius 1 is 1.12 bits per heavy atom. The lowest BCUT2D eigenvalue weighted by Crippen LogP contribution is -2.49. The number of hydrogen-bond donors (Lipinski definition) is 2. The SMILES string of the molecule is CCNC(=O)c1cc(-c2ccc(NCC3(c4ncccc4F)CC(F)C3)nn2)ccc1F. The Morgan fingerprint density at radius 3 is 2.59 bits per heavy atom. The van der Waals surface area contributed by atoms with Crippen LogP contribution in [0.3, 0.4) is 0 Å². The summed E-state index contributed by atoms with van der Waals surface area (Å²) in [5.74, 6) is -1.15. The first kappa shape index (κ1) is 21.7. The second kappa shape index (κ2) is 8.94. The lowest BCUT2D eigenvalue weighted by Gasteiger charge is -2.44. The molecule has 0 spiro atoms. The summed E-state index contributed by atoms with van der Waals surface area (Å²) in [6.45, 7) is 2.39. The van der Waals surface area contributed by atoms with E-state index in [9.17, 15) is 18.0 Å². The molecule has 1 aliphatic carbocycles. The lowest BCUT2D eigenvalue weighted by atomic mass is 9.65. The topological polar surface area (TPSA) is 79.8 Å². The minimum absolute atomic E-state index is 0.0709. The first-order valence-electron chi connectivity index (χ1n) is 10.3. The Bertz CT molecular complexity index is 1120. The molecule has 166 valence electrons. The van der Waals surface area contributed by atoms with Gasteiger partial charge in [-0.25, -0.2) is 13.2 Å². The number of rotatable bonds is 7. The zero-order valence-corrected chi connectivity index (χ0v) is 17.4. The summed E-state index contributed by atoms with van der Waals surface area (Å²) in [4.78, 5) is 16.2. The quantitative estimate of drug-likeness (QED) is 0.578. The third-order valence-corrected chi connectivity index (χ3v) is 5.60. The van der Waals surface area contributed by atoms with Crippen LogP contribution in [-0.2, 0) is 5.41 Å². The van der Waals surface area contributed by atoms with Gasteiger partial charge in [0, 0.05) is 30.3 Å². The van der Waals surface area contributed by atoms with Crippen molar-refractivity contribution in [2.24, 2.45) is 0 Å². The molecular weight excluding hydrogens is 419 g/mol. The van der Waals surface area contributed by atoms with E-state index in [4.69, 9.17) is 0 Å². The summed E-state index contributed by atoms with van der Waals surface area (Å²) in [5.41, 5.74) is 0.425. The normalized spacial score (nSPS) is 19.8. The number of carbonyl (C=O) groups is 1. The van der Waals surface area contributed by atoms with Gasteiger partial charge in [0.15, 0.2) is 0 Å². The van der Waals surface area contributed by atoms with Crippen molar-refractivity contribution in [1.82, 2.24) is 20.5 Å². The average molecular weight is 441 g/mol. The van der Waals surface area contributed by atoms with E-state index in [2.05, 4.69) is 25.8 Å². The maximum Gasteiger partial charge on any atom is 0.254 e. The highest BCUT2D eigenvalue weighted by molar-refractivity contribution is 5.95. The Kier molecular flexibility index (Phi) is 6.07. The summed E-state index contributed by atoms with van der Waals surface area (Å²) in [6.07, 6.45) is 0.858. The highest BCUT2D eigenvalue weighted by Gasteiger charge is 2.48. The molecule has 1 aliphatic rings. The van der Waals surface area contributed by atoms with Gasteiger partial charge in [-0.2, -0.15) is 0 Å². The van der Waals surface area contributed by atoms with E-state index >= 15 is 0 Å². The molecule has 0 atom stereocenters. The molecule has 1 amide bonds. The predicted octanol–water partition coefficient (Wildman–Crippen LogP) is 4.05. The first-order valence-corrected chi connectivity index (χ1v) is 10.3. The van der Waals surface area contributed by atoms with Crippen LogP contribution in [0.15, 0.2) is 48.7 Å². The van der Waals surface area contributed by atoms with E-state index in [0.29, 0.717) is 23.6 Å². The summed E-state index contributed by atoms with van der Waals surface area (Å²) in [5, 5.41) is 13.9. The minimum Gasteiger partial charge on any atom is -0.368 e. The predicted molar refractivity (Wildman–Crippen MR) is 114 cm³/mol. The molecule has 1 fully saturated rings. The van der Waals surface area contributed by atoms with Crippen molar-refractivity contribution >= 4 is 11.7 Å². The molecule has 4 rings (SSSR count). The molecule has 2 heterocycles. The second-order valence-corrected chi connectivity index (χ2v) is 7.83. The number of carbonyl (C=O) groups excluding carboxylic acids is 1. The largest absolute Gasteiger partial charge is 0.368 e. The van der Waals surface area contributed by atoms with Crippen LogP contribution in [0.1, 0.15) is 35.8 Å². The average Bonchev–Trinajstić information content (AvgIpc) is 2.77. The van der Waals surface area contributed by atoms with Gasteiger partial charge in [0.2, 0.25) is 0 Å². The highest BCUT2D eigenvalue weighted by Crippen LogP contribution is 2.45. The van der Waals surface area contributed by atoms with Gasteiger partial charge < -0.3 is 10.6 Å². The van der Waals surface area contributed by atoms with Gasteiger partial charge in [-0.1, -0.05) is 0 Å². The van der Waals surface area contributed by atoms with Crippen molar-refractivity contribution in [3.8, 4) is 11.3 Å². The molecule has 9 heteroatoms. The van der Waals surface area contributed by atoms with Gasteiger partial charge >= 0.3 is 0 Å². The van der Waals surface area contributed by atoms with E-state index in [0.717, 1.165) is 0 Å². The van der Waals surface area contributed by atoms with Crippen LogP contribution >= 0.6 is 0 Å². The standard InChI is InChI=1S/C23H22F3N5O/c1-2-27-22(32)16-10-14(5-6-17(16)25)19-7-8-20(31-30-19)29-13-23(11-15(24)12-23)21-18(26)4-3-9-28-21/h3-10,15H,2,11-13H2,1H3,(H,27,32)(H,29,31). The van der Waals surface area contributed by atoms with E-state index in [1.165, 1.54) is 36.5 Å². The van der Waals surface area contributed by atoms with Crippen molar-refractivity contribution < 1.29 is 18.0 Å². The van der Waals surface area contributed by atoms with Crippen LogP contribution in [-0.4, -0.2) is 40.3 Å². The summed E-state index contributed by atoms with van der Waals surface area (Å²) < 4.78 is 42.0. The van der Waals surface area contributed by atoms with Crippen molar-refractivity contribution in [1.29, 1.82) is 0 Å². The third-order valence-electron chi connectivity index (χ3n) is 5.60. The molecule has 1 saturated carbocycles.